The molecule has 1 aliphatic heterocycles. The summed E-state index contributed by atoms with van der Waals surface area (Å²) in [6.45, 7) is 4.41. The summed E-state index contributed by atoms with van der Waals surface area (Å²) in [4.78, 5) is 13.4. The van der Waals surface area contributed by atoms with Gasteiger partial charge in [0.25, 0.3) is 0 Å². The number of hydrogen-bond donors (Lipinski definition) is 1. The Balaban J connectivity index is 2.18. The molecule has 1 amide bonds. The third-order valence-electron chi connectivity index (χ3n) is 3.94. The topological polar surface area (TPSA) is 80.5 Å². The summed E-state index contributed by atoms with van der Waals surface area (Å²) < 4.78 is 22.7. The number of anilines is 1. The molecule has 1 aliphatic rings. The van der Waals surface area contributed by atoms with Gasteiger partial charge in [-0.15, -0.1) is 0 Å². The van der Waals surface area contributed by atoms with Crippen LogP contribution in [0, 0.1) is 0 Å². The molecule has 110 valence electrons. The molecular weight excluding hydrogens is 276 g/mol. The van der Waals surface area contributed by atoms with Crippen molar-refractivity contribution in [3.8, 4) is 0 Å². The molecule has 1 saturated heterocycles. The largest absolute Gasteiger partial charge is 0.311 e. The average molecular weight is 296 g/mol. The van der Waals surface area contributed by atoms with Crippen molar-refractivity contribution in [3.63, 3.8) is 0 Å². The first-order valence-electron chi connectivity index (χ1n) is 6.75. The number of rotatable bonds is 4. The summed E-state index contributed by atoms with van der Waals surface area (Å²) in [5.41, 5.74) is 1.94. The molecule has 1 heterocycles. The van der Waals surface area contributed by atoms with Crippen molar-refractivity contribution < 1.29 is 13.2 Å². The number of carbonyl (C=O) groups excluding carboxylic acids is 1. The number of amides is 1. The highest BCUT2D eigenvalue weighted by molar-refractivity contribution is 7.89. The Kier molecular flexibility index (Phi) is 4.15. The fraction of sp³-hybridized carbons (Fsp3) is 0.500. The number of hydrogen-bond acceptors (Lipinski definition) is 3. The van der Waals surface area contributed by atoms with Crippen LogP contribution in [0.3, 0.4) is 0 Å². The Bertz CT molecular complexity index is 595. The van der Waals surface area contributed by atoms with E-state index in [4.69, 9.17) is 5.14 Å². The highest BCUT2D eigenvalue weighted by atomic mass is 32.2. The van der Waals surface area contributed by atoms with Gasteiger partial charge in [-0.05, 0) is 30.0 Å². The maximum atomic E-state index is 11.9. The molecule has 1 fully saturated rings. The van der Waals surface area contributed by atoms with Gasteiger partial charge >= 0.3 is 0 Å². The molecule has 0 saturated carbocycles. The van der Waals surface area contributed by atoms with Gasteiger partial charge < -0.3 is 4.90 Å². The monoisotopic (exact) mass is 296 g/mol. The molecule has 6 heteroatoms. The van der Waals surface area contributed by atoms with Crippen LogP contribution < -0.4 is 10.0 Å². The van der Waals surface area contributed by atoms with Crippen LogP contribution in [-0.4, -0.2) is 26.1 Å². The van der Waals surface area contributed by atoms with Gasteiger partial charge in [0.2, 0.25) is 15.9 Å². The molecule has 0 aliphatic carbocycles. The van der Waals surface area contributed by atoms with Gasteiger partial charge in [0.05, 0.1) is 0 Å². The average Bonchev–Trinajstić information content (AvgIpc) is 2.80. The standard InChI is InChI=1S/C14H20N2O3S/c1-3-10(2)11-4-6-12(7-5-11)16-9-13(8-14(16)17)20(15,18)19/h4-7,10,13H,3,8-9H2,1-2H3,(H2,15,18,19). The van der Waals surface area contributed by atoms with Crippen LogP contribution in [-0.2, 0) is 14.8 Å². The van der Waals surface area contributed by atoms with Gasteiger partial charge in [0.15, 0.2) is 0 Å². The Morgan fingerprint density at radius 2 is 1.95 bits per heavy atom. The van der Waals surface area contributed by atoms with Crippen molar-refractivity contribution in [3.05, 3.63) is 29.8 Å². The quantitative estimate of drug-likeness (QED) is 0.916. The zero-order chi connectivity index (χ0) is 14.9. The SMILES string of the molecule is CCC(C)c1ccc(N2CC(S(N)(=O)=O)CC2=O)cc1. The molecule has 20 heavy (non-hydrogen) atoms. The number of primary sulfonamides is 1. The normalized spacial score (nSPS) is 21.2. The smallest absolute Gasteiger partial charge is 0.228 e. The van der Waals surface area contributed by atoms with Gasteiger partial charge in [-0.3, -0.25) is 4.79 Å². The van der Waals surface area contributed by atoms with Crippen LogP contribution in [0.4, 0.5) is 5.69 Å². The van der Waals surface area contributed by atoms with E-state index in [0.717, 1.165) is 12.1 Å². The minimum atomic E-state index is -3.66. The lowest BCUT2D eigenvalue weighted by molar-refractivity contribution is -0.117. The van der Waals surface area contributed by atoms with E-state index in [1.165, 1.54) is 10.5 Å². The van der Waals surface area contributed by atoms with E-state index in [2.05, 4.69) is 13.8 Å². The lowest BCUT2D eigenvalue weighted by Crippen LogP contribution is -2.32. The third-order valence-corrected chi connectivity index (χ3v) is 5.19. The third kappa shape index (κ3) is 3.02. The molecule has 5 nitrogen and oxygen atoms in total. The van der Waals surface area contributed by atoms with Crippen molar-refractivity contribution in [2.75, 3.05) is 11.4 Å². The number of nitrogens with two attached hydrogens (primary N) is 1. The van der Waals surface area contributed by atoms with E-state index in [1.54, 1.807) is 0 Å². The summed E-state index contributed by atoms with van der Waals surface area (Å²) in [5.74, 6) is 0.274. The molecule has 2 atom stereocenters. The Morgan fingerprint density at radius 3 is 2.40 bits per heavy atom. The molecule has 0 radical (unpaired) electrons. The molecule has 1 aromatic rings. The van der Waals surface area contributed by atoms with Crippen molar-refractivity contribution in [1.29, 1.82) is 0 Å². The molecule has 0 spiro atoms. The van der Waals surface area contributed by atoms with Crippen molar-refractivity contribution in [2.45, 2.75) is 37.9 Å². The first-order valence-corrected chi connectivity index (χ1v) is 8.35. The summed E-state index contributed by atoms with van der Waals surface area (Å²) in [7, 11) is -3.66. The van der Waals surface area contributed by atoms with Crippen LogP contribution in [0.25, 0.3) is 0 Å². The fourth-order valence-electron chi connectivity index (χ4n) is 2.36. The van der Waals surface area contributed by atoms with Crippen LogP contribution in [0.2, 0.25) is 0 Å². The summed E-state index contributed by atoms with van der Waals surface area (Å²) >= 11 is 0. The highest BCUT2D eigenvalue weighted by Crippen LogP contribution is 2.26. The molecular formula is C14H20N2O3S. The van der Waals surface area contributed by atoms with Gasteiger partial charge in [-0.2, -0.15) is 0 Å². The van der Waals surface area contributed by atoms with E-state index in [9.17, 15) is 13.2 Å². The minimum Gasteiger partial charge on any atom is -0.311 e. The molecule has 2 unspecified atom stereocenters. The second kappa shape index (κ2) is 5.54. The van der Waals surface area contributed by atoms with Crippen molar-refractivity contribution in [1.82, 2.24) is 0 Å². The van der Waals surface area contributed by atoms with Gasteiger partial charge in [-0.1, -0.05) is 26.0 Å². The second-order valence-electron chi connectivity index (χ2n) is 5.32. The van der Waals surface area contributed by atoms with Crippen LogP contribution >= 0.6 is 0 Å². The number of benzene rings is 1. The summed E-state index contributed by atoms with van der Waals surface area (Å²) in [6.07, 6.45) is 1.02. The van der Waals surface area contributed by atoms with Crippen LogP contribution in [0.5, 0.6) is 0 Å². The van der Waals surface area contributed by atoms with E-state index in [0.29, 0.717) is 5.92 Å². The fourth-order valence-corrected chi connectivity index (χ4v) is 3.09. The Labute approximate surface area is 119 Å². The lowest BCUT2D eigenvalue weighted by Gasteiger charge is -2.17. The second-order valence-corrected chi connectivity index (χ2v) is 7.17. The summed E-state index contributed by atoms with van der Waals surface area (Å²) in [5, 5.41) is 4.32. The molecule has 0 bridgehead atoms. The van der Waals surface area contributed by atoms with E-state index in [-0.39, 0.29) is 18.9 Å². The maximum Gasteiger partial charge on any atom is 0.228 e. The first kappa shape index (κ1) is 15.0. The number of carbonyl (C=O) groups is 1. The van der Waals surface area contributed by atoms with Gasteiger partial charge in [0.1, 0.15) is 5.25 Å². The Morgan fingerprint density at radius 1 is 1.35 bits per heavy atom. The zero-order valence-corrected chi connectivity index (χ0v) is 12.6. The number of nitrogens with zero attached hydrogens (tertiary/aromatic N) is 1. The first-order chi connectivity index (χ1) is 9.32. The van der Waals surface area contributed by atoms with Gasteiger partial charge in [0, 0.05) is 18.7 Å². The van der Waals surface area contributed by atoms with Crippen LogP contribution in [0.1, 0.15) is 38.2 Å². The van der Waals surface area contributed by atoms with Crippen molar-refractivity contribution in [2.24, 2.45) is 5.14 Å². The summed E-state index contributed by atoms with van der Waals surface area (Å²) in [6, 6.07) is 7.71. The van der Waals surface area contributed by atoms with Crippen molar-refractivity contribution >= 4 is 21.6 Å². The predicted molar refractivity (Wildman–Crippen MR) is 79.0 cm³/mol. The minimum absolute atomic E-state index is 0.0358. The molecule has 0 aromatic heterocycles. The highest BCUT2D eigenvalue weighted by Gasteiger charge is 2.37. The Hall–Kier alpha value is -1.40. The molecule has 1 aromatic carbocycles. The zero-order valence-electron chi connectivity index (χ0n) is 11.7. The number of sulfonamides is 1. The lowest BCUT2D eigenvalue weighted by atomic mass is 9.98. The molecule has 2 rings (SSSR count). The molecule has 2 N–H and O–H groups in total. The van der Waals surface area contributed by atoms with Crippen LogP contribution in [0.15, 0.2) is 24.3 Å². The van der Waals surface area contributed by atoms with E-state index >= 15 is 0 Å². The van der Waals surface area contributed by atoms with E-state index in [1.807, 2.05) is 24.3 Å². The van der Waals surface area contributed by atoms with Gasteiger partial charge in [-0.25, -0.2) is 13.6 Å². The van der Waals surface area contributed by atoms with E-state index < -0.39 is 15.3 Å². The predicted octanol–water partition coefficient (Wildman–Crippen LogP) is 1.59. The maximum absolute atomic E-state index is 11.9.